The summed E-state index contributed by atoms with van der Waals surface area (Å²) in [6, 6.07) is 16.5. The van der Waals surface area contributed by atoms with E-state index in [9.17, 15) is 4.79 Å². The Morgan fingerprint density at radius 1 is 1.13 bits per heavy atom. The molecule has 0 aliphatic carbocycles. The number of amides is 1. The lowest BCUT2D eigenvalue weighted by Crippen LogP contribution is -2.47. The Bertz CT molecular complexity index is 926. The number of carbonyl (C=O) groups is 1. The summed E-state index contributed by atoms with van der Waals surface area (Å²) in [6.45, 7) is 4.76. The molecule has 1 aromatic carbocycles. The van der Waals surface area contributed by atoms with Gasteiger partial charge in [-0.15, -0.1) is 0 Å². The van der Waals surface area contributed by atoms with Crippen LogP contribution < -0.4 is 5.32 Å². The third-order valence-corrected chi connectivity index (χ3v) is 5.54. The van der Waals surface area contributed by atoms with Gasteiger partial charge < -0.3 is 10.2 Å². The molecule has 1 N–H and O–H groups in total. The molecular formula is C23H28N6O. The minimum Gasteiger partial charge on any atom is -0.352 e. The van der Waals surface area contributed by atoms with E-state index in [4.69, 9.17) is 0 Å². The predicted molar refractivity (Wildman–Crippen MR) is 117 cm³/mol. The van der Waals surface area contributed by atoms with Gasteiger partial charge in [-0.05, 0) is 37.2 Å². The van der Waals surface area contributed by atoms with E-state index in [2.05, 4.69) is 62.6 Å². The van der Waals surface area contributed by atoms with E-state index < -0.39 is 0 Å². The summed E-state index contributed by atoms with van der Waals surface area (Å²) in [4.78, 5) is 21.7. The Labute approximate surface area is 177 Å². The summed E-state index contributed by atoms with van der Waals surface area (Å²) in [5.74, 6) is 0.603. The van der Waals surface area contributed by atoms with Gasteiger partial charge >= 0.3 is 0 Å². The summed E-state index contributed by atoms with van der Waals surface area (Å²) in [7, 11) is 2.18. The van der Waals surface area contributed by atoms with Gasteiger partial charge in [-0.3, -0.25) is 9.69 Å². The van der Waals surface area contributed by atoms with E-state index in [0.717, 1.165) is 32.6 Å². The lowest BCUT2D eigenvalue weighted by molar-refractivity contribution is 0.0865. The summed E-state index contributed by atoms with van der Waals surface area (Å²) in [6.07, 6.45) is 6.03. The van der Waals surface area contributed by atoms with Crippen LogP contribution in [0.15, 0.2) is 67.1 Å². The number of nitrogens with zero attached hydrogens (tertiary/aromatic N) is 5. The smallest absolute Gasteiger partial charge is 0.252 e. The van der Waals surface area contributed by atoms with Crippen LogP contribution in [0.25, 0.3) is 5.82 Å². The largest absolute Gasteiger partial charge is 0.352 e. The summed E-state index contributed by atoms with van der Waals surface area (Å²) in [5.41, 5.74) is 1.92. The molecule has 1 atom stereocenters. The number of hydrogen-bond donors (Lipinski definition) is 1. The molecule has 1 fully saturated rings. The summed E-state index contributed by atoms with van der Waals surface area (Å²) < 4.78 is 1.67. The lowest BCUT2D eigenvalue weighted by atomic mass is 10.0. The Balaban J connectivity index is 1.27. The van der Waals surface area contributed by atoms with Crippen molar-refractivity contribution in [2.45, 2.75) is 12.5 Å². The van der Waals surface area contributed by atoms with Crippen LogP contribution >= 0.6 is 0 Å². The van der Waals surface area contributed by atoms with Crippen molar-refractivity contribution in [1.29, 1.82) is 0 Å². The molecule has 156 valence electrons. The molecule has 7 heteroatoms. The number of benzene rings is 1. The summed E-state index contributed by atoms with van der Waals surface area (Å²) >= 11 is 0. The minimum atomic E-state index is -0.0903. The van der Waals surface area contributed by atoms with Gasteiger partial charge in [0, 0.05) is 57.4 Å². The van der Waals surface area contributed by atoms with E-state index in [0.29, 0.717) is 24.0 Å². The van der Waals surface area contributed by atoms with Crippen molar-refractivity contribution >= 4 is 5.91 Å². The monoisotopic (exact) mass is 404 g/mol. The van der Waals surface area contributed by atoms with E-state index in [-0.39, 0.29) is 5.91 Å². The van der Waals surface area contributed by atoms with Gasteiger partial charge in [0.1, 0.15) is 0 Å². The second-order valence-corrected chi connectivity index (χ2v) is 7.69. The Morgan fingerprint density at radius 2 is 2.00 bits per heavy atom. The first kappa shape index (κ1) is 20.3. The maximum absolute atomic E-state index is 12.4. The first-order valence-electron chi connectivity index (χ1n) is 10.4. The normalized spacial score (nSPS) is 17.7. The van der Waals surface area contributed by atoms with Gasteiger partial charge in [0.05, 0.1) is 5.56 Å². The van der Waals surface area contributed by atoms with Crippen molar-refractivity contribution in [2.24, 2.45) is 0 Å². The van der Waals surface area contributed by atoms with Crippen molar-refractivity contribution in [3.63, 3.8) is 0 Å². The highest BCUT2D eigenvalue weighted by Crippen LogP contribution is 2.24. The van der Waals surface area contributed by atoms with Crippen LogP contribution in [0.2, 0.25) is 0 Å². The van der Waals surface area contributed by atoms with E-state index >= 15 is 0 Å². The van der Waals surface area contributed by atoms with Gasteiger partial charge in [-0.25, -0.2) is 9.67 Å². The highest BCUT2D eigenvalue weighted by atomic mass is 16.1. The Morgan fingerprint density at radius 3 is 2.73 bits per heavy atom. The maximum Gasteiger partial charge on any atom is 0.252 e. The molecule has 0 saturated carbocycles. The highest BCUT2D eigenvalue weighted by Gasteiger charge is 2.25. The second-order valence-electron chi connectivity index (χ2n) is 7.69. The van der Waals surface area contributed by atoms with Gasteiger partial charge in [0.2, 0.25) is 0 Å². The maximum atomic E-state index is 12.4. The molecule has 1 unspecified atom stereocenters. The molecule has 4 rings (SSSR count). The van der Waals surface area contributed by atoms with Gasteiger partial charge in [-0.1, -0.05) is 30.3 Å². The minimum absolute atomic E-state index is 0.0903. The van der Waals surface area contributed by atoms with Crippen molar-refractivity contribution in [3.05, 3.63) is 78.2 Å². The number of likely N-dealkylation sites (N-methyl/N-ethyl adjacent to an activating group) is 1. The zero-order valence-electron chi connectivity index (χ0n) is 17.3. The third-order valence-electron chi connectivity index (χ3n) is 5.54. The molecule has 0 spiro atoms. The van der Waals surface area contributed by atoms with Gasteiger partial charge in [-0.2, -0.15) is 5.10 Å². The second kappa shape index (κ2) is 9.65. The zero-order valence-corrected chi connectivity index (χ0v) is 17.3. The first-order chi connectivity index (χ1) is 14.7. The number of piperazine rings is 1. The average Bonchev–Trinajstić information content (AvgIpc) is 3.33. The molecule has 3 heterocycles. The van der Waals surface area contributed by atoms with Crippen molar-refractivity contribution in [3.8, 4) is 5.82 Å². The van der Waals surface area contributed by atoms with Crippen molar-refractivity contribution < 1.29 is 4.79 Å². The Kier molecular flexibility index (Phi) is 6.51. The molecular weight excluding hydrogens is 376 g/mol. The van der Waals surface area contributed by atoms with Crippen molar-refractivity contribution in [2.75, 3.05) is 39.8 Å². The fourth-order valence-electron chi connectivity index (χ4n) is 3.86. The Hall–Kier alpha value is -3.03. The van der Waals surface area contributed by atoms with Crippen LogP contribution in [0.4, 0.5) is 0 Å². The number of hydrogen-bond acceptors (Lipinski definition) is 5. The number of nitrogens with one attached hydrogen (secondary N) is 1. The van der Waals surface area contributed by atoms with E-state index in [1.807, 2.05) is 12.3 Å². The van der Waals surface area contributed by atoms with Crippen molar-refractivity contribution in [1.82, 2.24) is 29.9 Å². The van der Waals surface area contributed by atoms with Crippen LogP contribution in [0, 0.1) is 0 Å². The zero-order chi connectivity index (χ0) is 20.8. The average molecular weight is 405 g/mol. The fourth-order valence-corrected chi connectivity index (χ4v) is 3.86. The number of rotatable bonds is 7. The molecule has 0 radical (unpaired) electrons. The first-order valence-corrected chi connectivity index (χ1v) is 10.4. The van der Waals surface area contributed by atoms with Gasteiger partial charge in [0.25, 0.3) is 5.91 Å². The fraction of sp³-hybridized carbons (Fsp3) is 0.348. The number of aromatic nitrogens is 3. The standard InChI is InChI=1S/C23H28N6O/c1-27-15-16-28(21(18-27)19-7-3-2-4-8-19)13-5-11-24-23(30)20-9-10-22(25-17-20)29-14-6-12-26-29/h2-4,6-10,12,14,17,21H,5,11,13,15-16,18H2,1H3,(H,24,30). The molecule has 2 aromatic heterocycles. The number of pyridine rings is 1. The summed E-state index contributed by atoms with van der Waals surface area (Å²) in [5, 5.41) is 7.16. The molecule has 1 amide bonds. The lowest BCUT2D eigenvalue weighted by Gasteiger charge is -2.40. The topological polar surface area (TPSA) is 66.3 Å². The highest BCUT2D eigenvalue weighted by molar-refractivity contribution is 5.93. The van der Waals surface area contributed by atoms with Crippen LogP contribution in [-0.2, 0) is 0 Å². The van der Waals surface area contributed by atoms with E-state index in [1.54, 1.807) is 29.2 Å². The molecule has 1 saturated heterocycles. The molecule has 7 nitrogen and oxygen atoms in total. The van der Waals surface area contributed by atoms with Crippen LogP contribution in [0.1, 0.15) is 28.4 Å². The SMILES string of the molecule is CN1CCN(CCCNC(=O)c2ccc(-n3cccn3)nc2)C(c2ccccc2)C1. The van der Waals surface area contributed by atoms with Crippen LogP contribution in [0.3, 0.4) is 0 Å². The van der Waals surface area contributed by atoms with Crippen LogP contribution in [-0.4, -0.2) is 70.2 Å². The quantitative estimate of drug-likeness (QED) is 0.613. The van der Waals surface area contributed by atoms with Crippen LogP contribution in [0.5, 0.6) is 0 Å². The number of carbonyl (C=O) groups excluding carboxylic acids is 1. The van der Waals surface area contributed by atoms with E-state index in [1.165, 1.54) is 5.56 Å². The molecule has 0 bridgehead atoms. The third kappa shape index (κ3) is 4.93. The molecule has 3 aromatic rings. The molecule has 30 heavy (non-hydrogen) atoms. The molecule has 1 aliphatic heterocycles. The molecule has 1 aliphatic rings. The van der Waals surface area contributed by atoms with Gasteiger partial charge in [0.15, 0.2) is 5.82 Å². The predicted octanol–water partition coefficient (Wildman–Crippen LogP) is 2.38.